The summed E-state index contributed by atoms with van der Waals surface area (Å²) in [6, 6.07) is 6.62. The average molecular weight is 455 g/mol. The Morgan fingerprint density at radius 3 is 2.90 bits per heavy atom. The zero-order valence-corrected chi connectivity index (χ0v) is 19.7. The van der Waals surface area contributed by atoms with E-state index in [1.54, 1.807) is 18.5 Å². The minimum atomic E-state index is -1.20. The number of H-pyrrole nitrogens is 1. The molecular weight excluding hydrogens is 428 g/mol. The van der Waals surface area contributed by atoms with Crippen LogP contribution < -0.4 is 5.56 Å². The Labute approximate surface area is 185 Å². The van der Waals surface area contributed by atoms with Gasteiger partial charge in [-0.25, -0.2) is 9.97 Å². The Morgan fingerprint density at radius 2 is 2.13 bits per heavy atom. The molecule has 4 heterocycles. The van der Waals surface area contributed by atoms with E-state index in [9.17, 15) is 9.90 Å². The highest BCUT2D eigenvalue weighted by molar-refractivity contribution is 7.13. The van der Waals surface area contributed by atoms with E-state index >= 15 is 0 Å². The Bertz CT molecular complexity index is 1260. The molecule has 0 saturated heterocycles. The van der Waals surface area contributed by atoms with Crippen LogP contribution in [-0.2, 0) is 18.1 Å². The van der Waals surface area contributed by atoms with Crippen molar-refractivity contribution in [3.8, 4) is 21.8 Å². The zero-order valence-electron chi connectivity index (χ0n) is 17.9. The van der Waals surface area contributed by atoms with Crippen molar-refractivity contribution in [1.82, 2.24) is 19.5 Å². The van der Waals surface area contributed by atoms with Gasteiger partial charge in [-0.3, -0.25) is 9.36 Å². The Morgan fingerprint density at radius 1 is 1.29 bits per heavy atom. The van der Waals surface area contributed by atoms with Gasteiger partial charge in [-0.2, -0.15) is 0 Å². The maximum absolute atomic E-state index is 13.1. The zero-order chi connectivity index (χ0) is 22.0. The maximum Gasteiger partial charge on any atom is 0.262 e. The Balaban J connectivity index is 1.63. The second kappa shape index (κ2) is 8.87. The molecule has 0 aliphatic rings. The largest absolute Gasteiger partial charge is 0.392 e. The van der Waals surface area contributed by atoms with Gasteiger partial charge in [0.25, 0.3) is 5.56 Å². The van der Waals surface area contributed by atoms with E-state index < -0.39 is 8.07 Å². The minimum Gasteiger partial charge on any atom is -0.392 e. The van der Waals surface area contributed by atoms with Crippen LogP contribution in [0.1, 0.15) is 5.56 Å². The van der Waals surface area contributed by atoms with Crippen molar-refractivity contribution in [2.24, 2.45) is 0 Å². The van der Waals surface area contributed by atoms with Crippen LogP contribution in [0.3, 0.4) is 0 Å². The molecule has 0 aliphatic heterocycles. The van der Waals surface area contributed by atoms with Gasteiger partial charge in [-0.15, -0.1) is 11.3 Å². The number of aliphatic hydroxyl groups excluding tert-OH is 1. The number of aromatic amines is 1. The summed E-state index contributed by atoms with van der Waals surface area (Å²) in [5, 5.41) is 13.2. The summed E-state index contributed by atoms with van der Waals surface area (Å²) in [5.74, 6) is 0. The second-order valence-corrected chi connectivity index (χ2v) is 15.2. The van der Waals surface area contributed by atoms with Crippen molar-refractivity contribution in [2.45, 2.75) is 39.0 Å². The smallest absolute Gasteiger partial charge is 0.262 e. The lowest BCUT2D eigenvalue weighted by Gasteiger charge is -2.16. The molecule has 4 rings (SSSR count). The molecule has 4 aromatic heterocycles. The molecule has 9 heteroatoms. The van der Waals surface area contributed by atoms with E-state index in [1.807, 2.05) is 23.7 Å². The molecule has 162 valence electrons. The van der Waals surface area contributed by atoms with Crippen LogP contribution >= 0.6 is 11.3 Å². The summed E-state index contributed by atoms with van der Waals surface area (Å²) in [5.41, 5.74) is 3.47. The first-order valence-electron chi connectivity index (χ1n) is 10.2. The molecule has 0 amide bonds. The summed E-state index contributed by atoms with van der Waals surface area (Å²) < 4.78 is 7.28. The molecule has 0 aliphatic carbocycles. The summed E-state index contributed by atoms with van der Waals surface area (Å²) >= 11 is 1.41. The topological polar surface area (TPSA) is 93.0 Å². The standard InChI is InChI=1S/C22H26N4O3SSi/c1-31(2,3)8-7-29-14-26-11-15(12-27)9-17(22(26)28)21-25-19(13-30-21)18-10-24-20-16(18)5-4-6-23-20/h4-6,9-11,13,27H,7-8,12,14H2,1-3H3,(H,23,24). The number of thiazole rings is 1. The van der Waals surface area contributed by atoms with Gasteiger partial charge in [-0.1, -0.05) is 19.6 Å². The van der Waals surface area contributed by atoms with Crippen LogP contribution in [-0.4, -0.2) is 39.3 Å². The van der Waals surface area contributed by atoms with Crippen LogP contribution in [0, 0.1) is 0 Å². The van der Waals surface area contributed by atoms with E-state index in [-0.39, 0.29) is 18.9 Å². The molecule has 0 spiro atoms. The fourth-order valence-electron chi connectivity index (χ4n) is 3.26. The van der Waals surface area contributed by atoms with Crippen molar-refractivity contribution >= 4 is 30.4 Å². The fourth-order valence-corrected chi connectivity index (χ4v) is 4.85. The summed E-state index contributed by atoms with van der Waals surface area (Å²) in [7, 11) is -1.20. The van der Waals surface area contributed by atoms with Gasteiger partial charge in [0, 0.05) is 49.6 Å². The molecule has 0 bridgehead atoms. The summed E-state index contributed by atoms with van der Waals surface area (Å²) in [6.45, 7) is 7.49. The van der Waals surface area contributed by atoms with E-state index in [4.69, 9.17) is 9.72 Å². The summed E-state index contributed by atoms with van der Waals surface area (Å²) in [6.07, 6.45) is 5.27. The highest BCUT2D eigenvalue weighted by atomic mass is 32.1. The molecule has 0 aromatic carbocycles. The van der Waals surface area contributed by atoms with Crippen molar-refractivity contribution in [1.29, 1.82) is 0 Å². The number of pyridine rings is 2. The highest BCUT2D eigenvalue weighted by Gasteiger charge is 2.16. The van der Waals surface area contributed by atoms with Crippen molar-refractivity contribution in [3.63, 3.8) is 0 Å². The molecule has 0 unspecified atom stereocenters. The minimum absolute atomic E-state index is 0.158. The molecule has 7 nitrogen and oxygen atoms in total. The van der Waals surface area contributed by atoms with Crippen molar-refractivity contribution in [2.75, 3.05) is 6.61 Å². The van der Waals surface area contributed by atoms with E-state index in [2.05, 4.69) is 29.6 Å². The normalized spacial score (nSPS) is 12.0. The number of nitrogens with zero attached hydrogens (tertiary/aromatic N) is 3. The number of ether oxygens (including phenoxy) is 1. The second-order valence-electron chi connectivity index (χ2n) is 8.68. The predicted octanol–water partition coefficient (Wildman–Crippen LogP) is 4.32. The van der Waals surface area contributed by atoms with Gasteiger partial charge >= 0.3 is 0 Å². The monoisotopic (exact) mass is 454 g/mol. The molecule has 4 aromatic rings. The summed E-state index contributed by atoms with van der Waals surface area (Å²) in [4.78, 5) is 25.3. The predicted molar refractivity (Wildman–Crippen MR) is 127 cm³/mol. The van der Waals surface area contributed by atoms with Gasteiger partial charge in [0.05, 0.1) is 17.9 Å². The quantitative estimate of drug-likeness (QED) is 0.305. The number of hydrogen-bond acceptors (Lipinski definition) is 6. The Hall–Kier alpha value is -2.59. The SMILES string of the molecule is C[Si](C)(C)CCOCn1cc(CO)cc(-c2nc(-c3c[nH]c4ncccc34)cs2)c1=O. The molecular formula is C22H26N4O3SSi. The first kappa shape index (κ1) is 21.6. The molecule has 0 fully saturated rings. The van der Waals surface area contributed by atoms with E-state index in [0.717, 1.165) is 28.3 Å². The average Bonchev–Trinajstić information content (AvgIpc) is 3.38. The van der Waals surface area contributed by atoms with Gasteiger partial charge in [0.15, 0.2) is 0 Å². The van der Waals surface area contributed by atoms with Crippen molar-refractivity contribution in [3.05, 3.63) is 58.1 Å². The number of fused-ring (bicyclic) bond motifs is 1. The van der Waals surface area contributed by atoms with Crippen molar-refractivity contribution < 1.29 is 9.84 Å². The van der Waals surface area contributed by atoms with Gasteiger partial charge in [0.1, 0.15) is 17.4 Å². The van der Waals surface area contributed by atoms with E-state index in [0.29, 0.717) is 22.7 Å². The lowest BCUT2D eigenvalue weighted by molar-refractivity contribution is 0.0844. The number of hydrogen-bond donors (Lipinski definition) is 2. The fraction of sp³-hybridized carbons (Fsp3) is 0.318. The Kier molecular flexibility index (Phi) is 6.19. The molecule has 0 atom stereocenters. The van der Waals surface area contributed by atoms with Crippen LogP contribution in [0.25, 0.3) is 32.9 Å². The highest BCUT2D eigenvalue weighted by Crippen LogP contribution is 2.31. The third-order valence-corrected chi connectivity index (χ3v) is 7.59. The number of nitrogens with one attached hydrogen (secondary N) is 1. The lowest BCUT2D eigenvalue weighted by Crippen LogP contribution is -2.26. The lowest BCUT2D eigenvalue weighted by atomic mass is 10.2. The number of rotatable bonds is 8. The molecule has 31 heavy (non-hydrogen) atoms. The molecule has 2 N–H and O–H groups in total. The third-order valence-electron chi connectivity index (χ3n) is 5.01. The van der Waals surface area contributed by atoms with Crippen LogP contribution in [0.5, 0.6) is 0 Å². The van der Waals surface area contributed by atoms with Gasteiger partial charge in [0.2, 0.25) is 0 Å². The third kappa shape index (κ3) is 4.85. The van der Waals surface area contributed by atoms with Crippen LogP contribution in [0.4, 0.5) is 0 Å². The van der Waals surface area contributed by atoms with Crippen LogP contribution in [0.15, 0.2) is 47.0 Å². The molecule has 0 saturated carbocycles. The number of aliphatic hydroxyl groups is 1. The first-order chi connectivity index (χ1) is 14.9. The van der Waals surface area contributed by atoms with E-state index in [1.165, 1.54) is 15.9 Å². The maximum atomic E-state index is 13.1. The number of aromatic nitrogens is 4. The van der Waals surface area contributed by atoms with Gasteiger partial charge < -0.3 is 14.8 Å². The first-order valence-corrected chi connectivity index (χ1v) is 14.7. The molecule has 0 radical (unpaired) electrons. The van der Waals surface area contributed by atoms with Gasteiger partial charge in [-0.05, 0) is 29.8 Å². The van der Waals surface area contributed by atoms with Crippen LogP contribution in [0.2, 0.25) is 25.7 Å².